The molecule has 2 aromatic rings. The minimum absolute atomic E-state index is 0.421. The Kier molecular flexibility index (Phi) is 3.64. The second-order valence-electron chi connectivity index (χ2n) is 7.64. The first-order chi connectivity index (χ1) is 11.5. The van der Waals surface area contributed by atoms with Crippen molar-refractivity contribution in [1.82, 2.24) is 19.4 Å². The summed E-state index contributed by atoms with van der Waals surface area (Å²) in [6.45, 7) is 12.3. The highest BCUT2D eigenvalue weighted by Gasteiger charge is 2.56. The Morgan fingerprint density at radius 3 is 2.58 bits per heavy atom. The van der Waals surface area contributed by atoms with E-state index in [0.29, 0.717) is 17.8 Å². The fourth-order valence-electron chi connectivity index (χ4n) is 4.19. The van der Waals surface area contributed by atoms with Crippen LogP contribution < -0.4 is 5.73 Å². The highest BCUT2D eigenvalue weighted by molar-refractivity contribution is 5.61. The molecule has 2 fully saturated rings. The Morgan fingerprint density at radius 2 is 2.00 bits per heavy atom. The fraction of sp³-hybridized carbons (Fsp3) is 0.579. The molecule has 1 saturated carbocycles. The summed E-state index contributed by atoms with van der Waals surface area (Å²) < 4.78 is 2.45. The first-order valence-corrected chi connectivity index (χ1v) is 9.03. The molecule has 2 N–H and O–H groups in total. The van der Waals surface area contributed by atoms with Crippen LogP contribution >= 0.6 is 0 Å². The van der Waals surface area contributed by atoms with Crippen molar-refractivity contribution in [3.63, 3.8) is 0 Å². The number of likely N-dealkylation sites (tertiary alicyclic amines) is 1. The molecule has 0 amide bonds. The van der Waals surface area contributed by atoms with Crippen LogP contribution in [0, 0.1) is 18.8 Å². The molecule has 2 aliphatic rings. The highest BCUT2D eigenvalue weighted by Crippen LogP contribution is 2.56. The number of hydrogen-bond donors (Lipinski definition) is 1. The number of nitrogens with zero attached hydrogens (tertiary/aromatic N) is 4. The number of pyridine rings is 1. The quantitative estimate of drug-likeness (QED) is 0.938. The molecule has 1 aliphatic heterocycles. The van der Waals surface area contributed by atoms with E-state index in [2.05, 4.69) is 47.5 Å². The summed E-state index contributed by atoms with van der Waals surface area (Å²) in [7, 11) is 0. The van der Waals surface area contributed by atoms with Crippen molar-refractivity contribution in [3.8, 4) is 11.3 Å². The van der Waals surface area contributed by atoms with E-state index in [1.54, 1.807) is 0 Å². The Balaban J connectivity index is 1.66. The maximum absolute atomic E-state index is 5.86. The average Bonchev–Trinajstić information content (AvgIpc) is 2.94. The molecule has 1 unspecified atom stereocenters. The second-order valence-corrected chi connectivity index (χ2v) is 7.64. The van der Waals surface area contributed by atoms with Crippen LogP contribution in [0.1, 0.15) is 44.1 Å². The summed E-state index contributed by atoms with van der Waals surface area (Å²) in [5.74, 6) is 3.82. The molecule has 3 heterocycles. The van der Waals surface area contributed by atoms with Gasteiger partial charge in [0.25, 0.3) is 0 Å². The second kappa shape index (κ2) is 5.59. The Hall–Kier alpha value is -1.88. The number of imidazole rings is 1. The zero-order valence-electron chi connectivity index (χ0n) is 15.0. The number of nitrogens with two attached hydrogens (primary N) is 1. The van der Waals surface area contributed by atoms with Crippen molar-refractivity contribution >= 4 is 5.82 Å². The largest absolute Gasteiger partial charge is 0.383 e. The van der Waals surface area contributed by atoms with Crippen LogP contribution in [-0.2, 0) is 0 Å². The maximum Gasteiger partial charge on any atom is 0.126 e. The Bertz CT molecular complexity index is 751. The average molecular weight is 325 g/mol. The molecular formula is C19H27N5. The van der Waals surface area contributed by atoms with E-state index >= 15 is 0 Å². The van der Waals surface area contributed by atoms with Crippen molar-refractivity contribution in [2.75, 3.05) is 25.4 Å². The molecule has 1 saturated heterocycles. The van der Waals surface area contributed by atoms with Crippen LogP contribution in [0.3, 0.4) is 0 Å². The normalized spacial score (nSPS) is 26.1. The standard InChI is InChI=1S/C19H27N5/c1-5-23-8-14-15(9-23)17(14)24-10-16(22-19(24)11(2)3)13-6-12(4)18(20)21-7-13/h6-7,10-11,14-15,17H,5,8-9H2,1-4H3,(H2,20,21)/t14-,15+,17?. The minimum Gasteiger partial charge on any atom is -0.383 e. The van der Waals surface area contributed by atoms with E-state index in [1.165, 1.54) is 25.5 Å². The summed E-state index contributed by atoms with van der Waals surface area (Å²) in [6.07, 6.45) is 4.08. The predicted molar refractivity (Wildman–Crippen MR) is 96.8 cm³/mol. The van der Waals surface area contributed by atoms with Gasteiger partial charge in [-0.15, -0.1) is 0 Å². The van der Waals surface area contributed by atoms with Gasteiger partial charge >= 0.3 is 0 Å². The summed E-state index contributed by atoms with van der Waals surface area (Å²) >= 11 is 0. The van der Waals surface area contributed by atoms with Gasteiger partial charge in [0.15, 0.2) is 0 Å². The molecular weight excluding hydrogens is 298 g/mol. The third-order valence-corrected chi connectivity index (χ3v) is 5.68. The van der Waals surface area contributed by atoms with Crippen LogP contribution in [-0.4, -0.2) is 39.1 Å². The van der Waals surface area contributed by atoms with Gasteiger partial charge in [-0.1, -0.05) is 20.8 Å². The zero-order chi connectivity index (χ0) is 17.0. The lowest BCUT2D eigenvalue weighted by atomic mass is 10.1. The van der Waals surface area contributed by atoms with E-state index in [-0.39, 0.29) is 0 Å². The minimum atomic E-state index is 0.421. The Morgan fingerprint density at radius 1 is 1.29 bits per heavy atom. The number of fused-ring (bicyclic) bond motifs is 1. The monoisotopic (exact) mass is 325 g/mol. The molecule has 0 aromatic carbocycles. The summed E-state index contributed by atoms with van der Waals surface area (Å²) in [6, 6.07) is 2.72. The molecule has 5 heteroatoms. The van der Waals surface area contributed by atoms with Gasteiger partial charge in [0.2, 0.25) is 0 Å². The smallest absolute Gasteiger partial charge is 0.126 e. The molecule has 0 spiro atoms. The maximum atomic E-state index is 5.86. The SMILES string of the molecule is CCN1C[C@@H]2C(n3cc(-c4cnc(N)c(C)c4)nc3C(C)C)[C@@H]2C1. The lowest BCUT2D eigenvalue weighted by Crippen LogP contribution is -2.25. The van der Waals surface area contributed by atoms with Gasteiger partial charge in [0.1, 0.15) is 11.6 Å². The van der Waals surface area contributed by atoms with E-state index in [1.807, 2.05) is 13.1 Å². The van der Waals surface area contributed by atoms with Crippen LogP contribution in [0.5, 0.6) is 0 Å². The highest BCUT2D eigenvalue weighted by atomic mass is 15.2. The Labute approximate surface area is 143 Å². The van der Waals surface area contributed by atoms with Gasteiger partial charge < -0.3 is 15.2 Å². The summed E-state index contributed by atoms with van der Waals surface area (Å²) in [5, 5.41) is 0. The topological polar surface area (TPSA) is 60.0 Å². The molecule has 4 rings (SSSR count). The van der Waals surface area contributed by atoms with Gasteiger partial charge in [0.05, 0.1) is 5.69 Å². The third-order valence-electron chi connectivity index (χ3n) is 5.68. The first-order valence-electron chi connectivity index (χ1n) is 9.03. The number of anilines is 1. The predicted octanol–water partition coefficient (Wildman–Crippen LogP) is 3.08. The third kappa shape index (κ3) is 2.42. The van der Waals surface area contributed by atoms with Gasteiger partial charge in [-0.2, -0.15) is 0 Å². The van der Waals surface area contributed by atoms with Gasteiger partial charge in [-0.3, -0.25) is 0 Å². The van der Waals surface area contributed by atoms with Crippen molar-refractivity contribution in [1.29, 1.82) is 0 Å². The molecule has 1 aliphatic carbocycles. The van der Waals surface area contributed by atoms with Crippen LogP contribution in [0.15, 0.2) is 18.5 Å². The van der Waals surface area contributed by atoms with E-state index < -0.39 is 0 Å². The lowest BCUT2D eigenvalue weighted by Gasteiger charge is -2.19. The number of hydrogen-bond acceptors (Lipinski definition) is 4. The molecule has 24 heavy (non-hydrogen) atoms. The molecule has 2 aromatic heterocycles. The van der Waals surface area contributed by atoms with Gasteiger partial charge in [0, 0.05) is 43.0 Å². The number of aromatic nitrogens is 3. The summed E-state index contributed by atoms with van der Waals surface area (Å²) in [5.41, 5.74) is 8.94. The number of nitrogen functional groups attached to an aromatic ring is 1. The molecule has 0 radical (unpaired) electrons. The van der Waals surface area contributed by atoms with Crippen molar-refractivity contribution < 1.29 is 0 Å². The first kappa shape index (κ1) is 15.6. The number of aryl methyl sites for hydroxylation is 1. The lowest BCUT2D eigenvalue weighted by molar-refractivity contribution is 0.297. The van der Waals surface area contributed by atoms with E-state index in [9.17, 15) is 0 Å². The van der Waals surface area contributed by atoms with Gasteiger partial charge in [-0.25, -0.2) is 9.97 Å². The zero-order valence-corrected chi connectivity index (χ0v) is 15.0. The molecule has 0 bridgehead atoms. The van der Waals surface area contributed by atoms with Crippen molar-refractivity contribution in [3.05, 3.63) is 29.8 Å². The van der Waals surface area contributed by atoms with Crippen LogP contribution in [0.4, 0.5) is 5.82 Å². The van der Waals surface area contributed by atoms with E-state index in [0.717, 1.165) is 28.7 Å². The summed E-state index contributed by atoms with van der Waals surface area (Å²) in [4.78, 5) is 11.8. The molecule has 5 nitrogen and oxygen atoms in total. The van der Waals surface area contributed by atoms with Crippen LogP contribution in [0.2, 0.25) is 0 Å². The van der Waals surface area contributed by atoms with Crippen molar-refractivity contribution in [2.45, 2.75) is 39.7 Å². The number of piperidine rings is 1. The number of rotatable bonds is 4. The molecule has 3 atom stereocenters. The van der Waals surface area contributed by atoms with Gasteiger partial charge in [-0.05, 0) is 36.9 Å². The van der Waals surface area contributed by atoms with E-state index in [4.69, 9.17) is 10.7 Å². The molecule has 128 valence electrons. The van der Waals surface area contributed by atoms with Crippen molar-refractivity contribution in [2.24, 2.45) is 11.8 Å². The fourth-order valence-corrected chi connectivity index (χ4v) is 4.19. The van der Waals surface area contributed by atoms with Crippen LogP contribution in [0.25, 0.3) is 11.3 Å².